The van der Waals surface area contributed by atoms with Gasteiger partial charge in [0, 0.05) is 13.8 Å². The monoisotopic (exact) mass is 358 g/mol. The van der Waals surface area contributed by atoms with Crippen LogP contribution in [0.1, 0.15) is 25.0 Å². The molecule has 0 aromatic heterocycles. The van der Waals surface area contributed by atoms with Gasteiger partial charge in [0.1, 0.15) is 0 Å². The molecule has 0 amide bonds. The minimum Gasteiger partial charge on any atom is -0.504 e. The Labute approximate surface area is 155 Å². The highest BCUT2D eigenvalue weighted by Gasteiger charge is 2.36. The molecule has 0 unspecified atom stereocenters. The maximum atomic E-state index is 9.72. The summed E-state index contributed by atoms with van der Waals surface area (Å²) in [6.07, 6.45) is 4.26. The van der Waals surface area contributed by atoms with Gasteiger partial charge < -0.3 is 10.2 Å². The maximum absolute atomic E-state index is 9.72. The van der Waals surface area contributed by atoms with Crippen molar-refractivity contribution in [3.8, 4) is 11.5 Å². The number of aromatic hydroxyl groups is 2. The number of benzene rings is 3. The molecule has 2 N–H and O–H groups in total. The second kappa shape index (κ2) is 5.96. The summed E-state index contributed by atoms with van der Waals surface area (Å²) in [4.78, 5) is 0. The Morgan fingerprint density at radius 3 is 2.42 bits per heavy atom. The van der Waals surface area contributed by atoms with E-state index >= 15 is 0 Å². The van der Waals surface area contributed by atoms with E-state index in [0.29, 0.717) is 0 Å². The zero-order chi connectivity index (χ0) is 18.5. The van der Waals surface area contributed by atoms with Crippen LogP contribution in [0.15, 0.2) is 60.7 Å². The van der Waals surface area contributed by atoms with Gasteiger partial charge in [0.05, 0.1) is 0 Å². The zero-order valence-corrected chi connectivity index (χ0v) is 16.2. The first-order valence-corrected chi connectivity index (χ1v) is 10.8. The molecule has 0 bridgehead atoms. The molecule has 0 aliphatic carbocycles. The second-order valence-electron chi connectivity index (χ2n) is 7.45. The van der Waals surface area contributed by atoms with E-state index in [4.69, 9.17) is 0 Å². The van der Waals surface area contributed by atoms with Crippen LogP contribution in [0.3, 0.4) is 0 Å². The maximum Gasteiger partial charge on any atom is 0.157 e. The van der Waals surface area contributed by atoms with Gasteiger partial charge in [-0.15, -0.1) is 0 Å². The summed E-state index contributed by atoms with van der Waals surface area (Å²) in [6.45, 7) is 6.99. The highest BCUT2D eigenvalue weighted by atomic mass is 28.2. The number of allylic oxidation sites excluding steroid dienone is 1. The average molecular weight is 359 g/mol. The van der Waals surface area contributed by atoms with Crippen molar-refractivity contribution in [3.63, 3.8) is 0 Å². The van der Waals surface area contributed by atoms with Crippen LogP contribution in [-0.2, 0) is 5.41 Å². The molecular weight excluding hydrogens is 336 g/mol. The predicted molar refractivity (Wildman–Crippen MR) is 112 cm³/mol. The fourth-order valence-electron chi connectivity index (χ4n) is 4.16. The number of rotatable bonds is 2. The zero-order valence-electron chi connectivity index (χ0n) is 15.2. The van der Waals surface area contributed by atoms with Crippen molar-refractivity contribution < 1.29 is 10.2 Å². The molecule has 3 aromatic rings. The minimum absolute atomic E-state index is 0.0191. The van der Waals surface area contributed by atoms with Crippen LogP contribution in [0.2, 0.25) is 6.55 Å². The summed E-state index contributed by atoms with van der Waals surface area (Å²) in [5.41, 5.74) is 2.33. The van der Waals surface area contributed by atoms with E-state index in [9.17, 15) is 10.2 Å². The summed E-state index contributed by atoms with van der Waals surface area (Å²) in [5, 5.41) is 24.8. The average Bonchev–Trinajstić information content (AvgIpc) is 2.82. The van der Waals surface area contributed by atoms with E-state index in [1.54, 1.807) is 6.07 Å². The lowest BCUT2D eigenvalue weighted by Gasteiger charge is -2.25. The minimum atomic E-state index is -0.819. The Morgan fingerprint density at radius 1 is 0.885 bits per heavy atom. The first-order valence-electron chi connectivity index (χ1n) is 8.83. The summed E-state index contributed by atoms with van der Waals surface area (Å²) < 4.78 is 0. The van der Waals surface area contributed by atoms with E-state index in [1.807, 2.05) is 12.1 Å². The van der Waals surface area contributed by atoms with E-state index in [1.165, 1.54) is 32.8 Å². The second-order valence-corrected chi connectivity index (χ2v) is 9.78. The van der Waals surface area contributed by atoms with Crippen LogP contribution in [0.25, 0.3) is 16.8 Å². The smallest absolute Gasteiger partial charge is 0.157 e. The predicted octanol–water partition coefficient (Wildman–Crippen LogP) is 4.34. The van der Waals surface area contributed by atoms with E-state index < -0.39 is 8.41 Å². The number of phenolic OH excluding ortho intramolecular Hbond substituents is 2. The van der Waals surface area contributed by atoms with Gasteiger partial charge in [0.15, 0.2) is 11.5 Å². The molecule has 0 atom stereocenters. The largest absolute Gasteiger partial charge is 0.504 e. The fourth-order valence-corrected chi connectivity index (χ4v) is 7.00. The molecular formula is C23H22O2Si. The molecule has 1 aliphatic rings. The van der Waals surface area contributed by atoms with E-state index in [-0.39, 0.29) is 16.9 Å². The molecule has 0 spiro atoms. The third kappa shape index (κ3) is 2.51. The van der Waals surface area contributed by atoms with Crippen LogP contribution < -0.4 is 5.19 Å². The van der Waals surface area contributed by atoms with Crippen molar-refractivity contribution in [2.24, 2.45) is 0 Å². The Morgan fingerprint density at radius 2 is 1.65 bits per heavy atom. The van der Waals surface area contributed by atoms with Crippen molar-refractivity contribution in [1.82, 2.24) is 0 Å². The lowest BCUT2D eigenvalue weighted by molar-refractivity contribution is 0.403. The summed E-state index contributed by atoms with van der Waals surface area (Å²) in [5.74, 6) is -0.172. The SMILES string of the molecule is C[Si]1=C(/C=C/c2ccc(O)c(O)c2)C(C)(C)c2c1ccc1ccccc21. The lowest BCUT2D eigenvalue weighted by Crippen LogP contribution is -2.26. The topological polar surface area (TPSA) is 40.5 Å². The van der Waals surface area contributed by atoms with Crippen molar-refractivity contribution in [2.75, 3.05) is 0 Å². The van der Waals surface area contributed by atoms with Gasteiger partial charge in [0.2, 0.25) is 0 Å². The van der Waals surface area contributed by atoms with Crippen LogP contribution >= 0.6 is 0 Å². The van der Waals surface area contributed by atoms with Crippen molar-refractivity contribution in [1.29, 1.82) is 0 Å². The molecule has 0 fully saturated rings. The van der Waals surface area contributed by atoms with E-state index in [0.717, 1.165) is 5.56 Å². The third-order valence-electron chi connectivity index (χ3n) is 5.48. The third-order valence-corrected chi connectivity index (χ3v) is 8.30. The quantitative estimate of drug-likeness (QED) is 0.528. The number of phenols is 2. The molecule has 0 saturated carbocycles. The van der Waals surface area contributed by atoms with Gasteiger partial charge in [-0.1, -0.05) is 80.2 Å². The summed E-state index contributed by atoms with van der Waals surface area (Å²) >= 11 is 0. The van der Waals surface area contributed by atoms with Crippen molar-refractivity contribution in [3.05, 3.63) is 71.8 Å². The van der Waals surface area contributed by atoms with Gasteiger partial charge in [-0.05, 0) is 39.2 Å². The van der Waals surface area contributed by atoms with Crippen LogP contribution in [-0.4, -0.2) is 23.8 Å². The molecule has 2 nitrogen and oxygen atoms in total. The molecule has 0 saturated heterocycles. The van der Waals surface area contributed by atoms with Crippen molar-refractivity contribution in [2.45, 2.75) is 25.8 Å². The number of hydrogen-bond donors (Lipinski definition) is 2. The lowest BCUT2D eigenvalue weighted by atomic mass is 9.79. The molecule has 1 aliphatic heterocycles. The van der Waals surface area contributed by atoms with E-state index in [2.05, 4.69) is 62.9 Å². The Bertz CT molecular complexity index is 1090. The highest BCUT2D eigenvalue weighted by Crippen LogP contribution is 2.35. The van der Waals surface area contributed by atoms with Crippen molar-refractivity contribution >= 4 is 35.6 Å². The van der Waals surface area contributed by atoms with Gasteiger partial charge in [0.25, 0.3) is 0 Å². The first kappa shape index (κ1) is 16.8. The van der Waals surface area contributed by atoms with Crippen LogP contribution in [0, 0.1) is 0 Å². The van der Waals surface area contributed by atoms with Crippen LogP contribution in [0.4, 0.5) is 0 Å². The highest BCUT2D eigenvalue weighted by molar-refractivity contribution is 6.86. The van der Waals surface area contributed by atoms with Gasteiger partial charge >= 0.3 is 0 Å². The molecule has 3 heteroatoms. The molecule has 3 aromatic carbocycles. The Kier molecular flexibility index (Phi) is 3.85. The normalized spacial score (nSPS) is 15.8. The summed E-state index contributed by atoms with van der Waals surface area (Å²) in [7, 11) is -0.819. The first-order chi connectivity index (χ1) is 12.4. The fraction of sp³-hybridized carbons (Fsp3) is 0.174. The van der Waals surface area contributed by atoms with Gasteiger partial charge in [-0.2, -0.15) is 0 Å². The molecule has 4 rings (SSSR count). The van der Waals surface area contributed by atoms with Gasteiger partial charge in [-0.3, -0.25) is 0 Å². The summed E-state index contributed by atoms with van der Waals surface area (Å²) in [6, 6.07) is 18.1. The Balaban J connectivity index is 1.82. The standard InChI is InChI=1S/C23H22O2Si/c1-23(2)21(13-9-15-8-11-18(24)19(25)14-15)26(3)20-12-10-16-6-4-5-7-17(16)22(20)23/h4-14,24-25H,1-3H3/b13-9+. The molecule has 1 heterocycles. The Hall–Kier alpha value is -2.65. The van der Waals surface area contributed by atoms with Gasteiger partial charge in [-0.25, -0.2) is 0 Å². The molecule has 130 valence electrons. The number of hydrogen-bond acceptors (Lipinski definition) is 2. The molecule has 0 radical (unpaired) electrons. The van der Waals surface area contributed by atoms with Crippen LogP contribution in [0.5, 0.6) is 11.5 Å². The molecule has 26 heavy (non-hydrogen) atoms. The number of fused-ring (bicyclic) bond motifs is 3.